The van der Waals surface area contributed by atoms with Crippen LogP contribution in [0, 0.1) is 5.92 Å². The van der Waals surface area contributed by atoms with Crippen molar-refractivity contribution in [1.82, 2.24) is 20.6 Å². The standard InChI is InChI=1S/C22H24N4O4/c27-22(28)17(9-5-4-8-15-6-2-1-3-7-15)18(21-23-25-26-24-21)12-16-10-11-19-20(13-16)30-14-29-19/h1-3,6-7,10-11,13,17-18H,4-5,8-9,12,14H2,(H,27,28)(H,23,24,25,26). The smallest absolute Gasteiger partial charge is 0.307 e. The summed E-state index contributed by atoms with van der Waals surface area (Å²) in [4.78, 5) is 12.1. The second-order valence-corrected chi connectivity index (χ2v) is 7.44. The monoisotopic (exact) mass is 408 g/mol. The van der Waals surface area contributed by atoms with E-state index in [1.54, 1.807) is 0 Å². The van der Waals surface area contributed by atoms with Crippen molar-refractivity contribution < 1.29 is 19.4 Å². The SMILES string of the molecule is O=C(O)C(CCCCc1ccccc1)C(Cc1ccc2c(c1)OCO2)c1nn[nH]n1. The number of tetrazole rings is 1. The summed E-state index contributed by atoms with van der Waals surface area (Å²) in [5.74, 6) is -0.0461. The fourth-order valence-electron chi connectivity index (χ4n) is 3.90. The van der Waals surface area contributed by atoms with Crippen LogP contribution in [0.4, 0.5) is 0 Å². The van der Waals surface area contributed by atoms with E-state index in [2.05, 4.69) is 32.8 Å². The number of ether oxygens (including phenoxy) is 2. The molecule has 1 aliphatic rings. The maximum atomic E-state index is 12.1. The third-order valence-corrected chi connectivity index (χ3v) is 5.46. The van der Waals surface area contributed by atoms with Gasteiger partial charge in [0.1, 0.15) is 0 Å². The first-order chi connectivity index (χ1) is 14.7. The second kappa shape index (κ2) is 9.39. The van der Waals surface area contributed by atoms with Crippen LogP contribution in [-0.4, -0.2) is 38.5 Å². The number of aromatic amines is 1. The molecule has 30 heavy (non-hydrogen) atoms. The minimum absolute atomic E-state index is 0.201. The molecule has 8 nitrogen and oxygen atoms in total. The van der Waals surface area contributed by atoms with E-state index in [1.165, 1.54) is 5.56 Å². The van der Waals surface area contributed by atoms with Crippen molar-refractivity contribution in [2.75, 3.05) is 6.79 Å². The molecular formula is C22H24N4O4. The number of nitrogens with one attached hydrogen (secondary N) is 1. The van der Waals surface area contributed by atoms with Crippen molar-refractivity contribution in [2.45, 2.75) is 38.0 Å². The maximum Gasteiger partial charge on any atom is 0.307 e. The van der Waals surface area contributed by atoms with Crippen LogP contribution >= 0.6 is 0 Å². The highest BCUT2D eigenvalue weighted by Crippen LogP contribution is 2.36. The molecule has 0 saturated carbocycles. The molecule has 3 aromatic rings. The van der Waals surface area contributed by atoms with Crippen molar-refractivity contribution >= 4 is 5.97 Å². The van der Waals surface area contributed by atoms with Crippen molar-refractivity contribution in [3.63, 3.8) is 0 Å². The van der Waals surface area contributed by atoms with Crippen molar-refractivity contribution in [2.24, 2.45) is 5.92 Å². The van der Waals surface area contributed by atoms with Gasteiger partial charge in [-0.15, -0.1) is 10.2 Å². The van der Waals surface area contributed by atoms with Crippen LogP contribution < -0.4 is 9.47 Å². The van der Waals surface area contributed by atoms with Gasteiger partial charge < -0.3 is 14.6 Å². The third-order valence-electron chi connectivity index (χ3n) is 5.46. The van der Waals surface area contributed by atoms with Gasteiger partial charge in [-0.05, 0) is 48.9 Å². The molecule has 8 heteroatoms. The Bertz CT molecular complexity index is 963. The number of aromatic nitrogens is 4. The van der Waals surface area contributed by atoms with E-state index in [0.29, 0.717) is 30.2 Å². The highest BCUT2D eigenvalue weighted by atomic mass is 16.7. The van der Waals surface area contributed by atoms with Gasteiger partial charge in [0.05, 0.1) is 5.92 Å². The van der Waals surface area contributed by atoms with E-state index < -0.39 is 17.8 Å². The summed E-state index contributed by atoms with van der Waals surface area (Å²) >= 11 is 0. The zero-order chi connectivity index (χ0) is 20.8. The van der Waals surface area contributed by atoms with Crippen LogP contribution in [0.5, 0.6) is 11.5 Å². The number of carboxylic acid groups (broad SMARTS) is 1. The van der Waals surface area contributed by atoms with Crippen LogP contribution in [0.1, 0.15) is 42.1 Å². The van der Waals surface area contributed by atoms with Gasteiger partial charge in [-0.3, -0.25) is 4.79 Å². The first-order valence-electron chi connectivity index (χ1n) is 10.1. The molecule has 4 rings (SSSR count). The lowest BCUT2D eigenvalue weighted by molar-refractivity contribution is -0.143. The number of aryl methyl sites for hydroxylation is 1. The number of hydrogen-bond acceptors (Lipinski definition) is 6. The number of H-pyrrole nitrogens is 1. The predicted molar refractivity (Wildman–Crippen MR) is 108 cm³/mol. The number of carboxylic acids is 1. The third kappa shape index (κ3) is 4.76. The summed E-state index contributed by atoms with van der Waals surface area (Å²) in [6.07, 6.45) is 3.69. The largest absolute Gasteiger partial charge is 0.481 e. The van der Waals surface area contributed by atoms with Gasteiger partial charge in [-0.2, -0.15) is 5.21 Å². The molecule has 0 bridgehead atoms. The van der Waals surface area contributed by atoms with Crippen LogP contribution in [0.3, 0.4) is 0 Å². The highest BCUT2D eigenvalue weighted by molar-refractivity contribution is 5.71. The van der Waals surface area contributed by atoms with Crippen LogP contribution in [-0.2, 0) is 17.6 Å². The molecule has 0 amide bonds. The quantitative estimate of drug-likeness (QED) is 0.495. The van der Waals surface area contributed by atoms with Crippen molar-refractivity contribution in [1.29, 1.82) is 0 Å². The van der Waals surface area contributed by atoms with Crippen LogP contribution in [0.15, 0.2) is 48.5 Å². The van der Waals surface area contributed by atoms with Gasteiger partial charge in [0.2, 0.25) is 6.79 Å². The normalized spacial score (nSPS) is 14.4. The number of carbonyl (C=O) groups is 1. The molecule has 0 radical (unpaired) electrons. The van der Waals surface area contributed by atoms with Gasteiger partial charge in [0, 0.05) is 5.92 Å². The number of aliphatic carboxylic acids is 1. The number of hydrogen-bond donors (Lipinski definition) is 2. The van der Waals surface area contributed by atoms with Crippen molar-refractivity contribution in [3.05, 3.63) is 65.5 Å². The summed E-state index contributed by atoms with van der Waals surface area (Å²) < 4.78 is 10.8. The summed E-state index contributed by atoms with van der Waals surface area (Å²) in [5.41, 5.74) is 2.21. The van der Waals surface area contributed by atoms with Gasteiger partial charge in [0.25, 0.3) is 0 Å². The molecule has 2 aromatic carbocycles. The lowest BCUT2D eigenvalue weighted by Crippen LogP contribution is -2.25. The number of fused-ring (bicyclic) bond motifs is 1. The highest BCUT2D eigenvalue weighted by Gasteiger charge is 2.32. The molecule has 0 aliphatic carbocycles. The average Bonchev–Trinajstić information content (AvgIpc) is 3.45. The number of unbranched alkanes of at least 4 members (excludes halogenated alkanes) is 1. The molecule has 2 unspecified atom stereocenters. The fraction of sp³-hybridized carbons (Fsp3) is 0.364. The molecule has 0 fully saturated rings. The molecule has 1 aliphatic heterocycles. The van der Waals surface area contributed by atoms with Gasteiger partial charge in [0.15, 0.2) is 17.3 Å². The van der Waals surface area contributed by atoms with E-state index in [0.717, 1.165) is 24.8 Å². The average molecular weight is 408 g/mol. The van der Waals surface area contributed by atoms with Crippen LogP contribution in [0.2, 0.25) is 0 Å². The Morgan fingerprint density at radius 3 is 2.67 bits per heavy atom. The van der Waals surface area contributed by atoms with Gasteiger partial charge in [-0.25, -0.2) is 0 Å². The van der Waals surface area contributed by atoms with E-state index in [4.69, 9.17) is 9.47 Å². The minimum Gasteiger partial charge on any atom is -0.481 e. The summed E-state index contributed by atoms with van der Waals surface area (Å²) in [5, 5.41) is 24.3. The summed E-state index contributed by atoms with van der Waals surface area (Å²) in [6.45, 7) is 0.201. The fourth-order valence-corrected chi connectivity index (χ4v) is 3.90. The zero-order valence-corrected chi connectivity index (χ0v) is 16.5. The van der Waals surface area contributed by atoms with Gasteiger partial charge >= 0.3 is 5.97 Å². The van der Waals surface area contributed by atoms with Crippen molar-refractivity contribution in [3.8, 4) is 11.5 Å². The van der Waals surface area contributed by atoms with Gasteiger partial charge in [-0.1, -0.05) is 48.0 Å². The molecule has 2 heterocycles. The van der Waals surface area contributed by atoms with E-state index in [9.17, 15) is 9.90 Å². The zero-order valence-electron chi connectivity index (χ0n) is 16.5. The predicted octanol–water partition coefficient (Wildman–Crippen LogP) is 3.37. The van der Waals surface area contributed by atoms with E-state index >= 15 is 0 Å². The Labute approximate surface area is 174 Å². The first-order valence-corrected chi connectivity index (χ1v) is 10.1. The minimum atomic E-state index is -0.842. The Morgan fingerprint density at radius 2 is 1.90 bits per heavy atom. The maximum absolute atomic E-state index is 12.1. The number of nitrogens with zero attached hydrogens (tertiary/aromatic N) is 3. The molecule has 2 N–H and O–H groups in total. The lowest BCUT2D eigenvalue weighted by atomic mass is 9.82. The molecule has 2 atom stereocenters. The Hall–Kier alpha value is -3.42. The molecular weight excluding hydrogens is 384 g/mol. The van der Waals surface area contributed by atoms with E-state index in [-0.39, 0.29) is 6.79 Å². The Morgan fingerprint density at radius 1 is 1.07 bits per heavy atom. The molecule has 0 saturated heterocycles. The molecule has 0 spiro atoms. The summed E-state index contributed by atoms with van der Waals surface area (Å²) in [6, 6.07) is 15.9. The lowest BCUT2D eigenvalue weighted by Gasteiger charge is -2.21. The Kier molecular flexibility index (Phi) is 6.22. The first kappa shape index (κ1) is 19.9. The molecule has 1 aromatic heterocycles. The topological polar surface area (TPSA) is 110 Å². The number of rotatable bonds is 10. The van der Waals surface area contributed by atoms with Crippen LogP contribution in [0.25, 0.3) is 0 Å². The second-order valence-electron chi connectivity index (χ2n) is 7.44. The Balaban J connectivity index is 1.45. The van der Waals surface area contributed by atoms with E-state index in [1.807, 2.05) is 36.4 Å². The molecule has 156 valence electrons. The summed E-state index contributed by atoms with van der Waals surface area (Å²) in [7, 11) is 0. The number of benzene rings is 2.